The van der Waals surface area contributed by atoms with Gasteiger partial charge < -0.3 is 15.5 Å². The molecule has 0 bridgehead atoms. The highest BCUT2D eigenvalue weighted by Gasteiger charge is 2.07. The second-order valence-electron chi connectivity index (χ2n) is 3.93. The van der Waals surface area contributed by atoms with Crippen LogP contribution in [0.25, 0.3) is 11.1 Å². The fourth-order valence-corrected chi connectivity index (χ4v) is 1.73. The smallest absolute Gasteiger partial charge is 0.296 e. The number of oxazole rings is 1. The van der Waals surface area contributed by atoms with E-state index >= 15 is 0 Å². The van der Waals surface area contributed by atoms with Gasteiger partial charge in [-0.2, -0.15) is 4.98 Å². The monoisotopic (exact) mass is 240 g/mol. The van der Waals surface area contributed by atoms with E-state index in [1.54, 1.807) is 18.5 Å². The summed E-state index contributed by atoms with van der Waals surface area (Å²) in [6.07, 6.45) is 3.54. The summed E-state index contributed by atoms with van der Waals surface area (Å²) in [6, 6.07) is 9.82. The minimum atomic E-state index is 0.465. The van der Waals surface area contributed by atoms with Crippen molar-refractivity contribution in [1.82, 2.24) is 9.97 Å². The van der Waals surface area contributed by atoms with Gasteiger partial charge in [-0.05, 0) is 23.8 Å². The number of nitrogen functional groups attached to an aromatic ring is 1. The molecule has 90 valence electrons. The van der Waals surface area contributed by atoms with E-state index in [4.69, 9.17) is 10.2 Å². The van der Waals surface area contributed by atoms with Crippen molar-refractivity contribution in [2.75, 3.05) is 11.1 Å². The van der Waals surface area contributed by atoms with Crippen molar-refractivity contribution < 1.29 is 4.42 Å². The van der Waals surface area contributed by atoms with Crippen molar-refractivity contribution in [3.05, 3.63) is 48.3 Å². The highest BCUT2D eigenvalue weighted by molar-refractivity contribution is 5.86. The van der Waals surface area contributed by atoms with Crippen LogP contribution < -0.4 is 11.1 Å². The Morgan fingerprint density at radius 1 is 1.22 bits per heavy atom. The lowest BCUT2D eigenvalue weighted by Gasteiger charge is -2.00. The Morgan fingerprint density at radius 2 is 2.17 bits per heavy atom. The van der Waals surface area contributed by atoms with E-state index < -0.39 is 0 Å². The van der Waals surface area contributed by atoms with Crippen molar-refractivity contribution in [3.63, 3.8) is 0 Å². The van der Waals surface area contributed by atoms with Crippen LogP contribution in [0, 0.1) is 0 Å². The molecular formula is C13H12N4O. The minimum Gasteiger partial charge on any atom is -0.423 e. The Kier molecular flexibility index (Phi) is 2.57. The third kappa shape index (κ3) is 1.98. The zero-order valence-electron chi connectivity index (χ0n) is 9.63. The van der Waals surface area contributed by atoms with Crippen LogP contribution in [0.2, 0.25) is 0 Å². The van der Waals surface area contributed by atoms with Crippen molar-refractivity contribution >= 4 is 22.8 Å². The topological polar surface area (TPSA) is 77.0 Å². The van der Waals surface area contributed by atoms with Crippen LogP contribution in [-0.2, 0) is 6.54 Å². The molecule has 2 heterocycles. The maximum atomic E-state index is 5.82. The van der Waals surface area contributed by atoms with Crippen LogP contribution in [0.1, 0.15) is 5.56 Å². The van der Waals surface area contributed by atoms with Crippen LogP contribution in [0.5, 0.6) is 0 Å². The summed E-state index contributed by atoms with van der Waals surface area (Å²) in [6.45, 7) is 0.612. The SMILES string of the molecule is Nc1cccc2oc(NCc3cccnc3)nc12. The van der Waals surface area contributed by atoms with Gasteiger partial charge in [-0.15, -0.1) is 0 Å². The maximum absolute atomic E-state index is 5.82. The van der Waals surface area contributed by atoms with E-state index in [0.29, 0.717) is 29.3 Å². The van der Waals surface area contributed by atoms with Crippen LogP contribution in [0.4, 0.5) is 11.7 Å². The Morgan fingerprint density at radius 3 is 2.94 bits per heavy atom. The van der Waals surface area contributed by atoms with Gasteiger partial charge in [0.15, 0.2) is 5.58 Å². The second kappa shape index (κ2) is 4.37. The Bertz CT molecular complexity index is 663. The first-order valence-electron chi connectivity index (χ1n) is 5.61. The Hall–Kier alpha value is -2.56. The van der Waals surface area contributed by atoms with Gasteiger partial charge in [0.05, 0.1) is 5.69 Å². The minimum absolute atomic E-state index is 0.465. The fraction of sp³-hybridized carbons (Fsp3) is 0.0769. The van der Waals surface area contributed by atoms with Gasteiger partial charge >= 0.3 is 0 Å². The van der Waals surface area contributed by atoms with Crippen LogP contribution in [0.15, 0.2) is 47.1 Å². The van der Waals surface area contributed by atoms with E-state index in [1.807, 2.05) is 24.3 Å². The highest BCUT2D eigenvalue weighted by Crippen LogP contribution is 2.23. The van der Waals surface area contributed by atoms with Crippen molar-refractivity contribution in [1.29, 1.82) is 0 Å². The van der Waals surface area contributed by atoms with Crippen LogP contribution in [-0.4, -0.2) is 9.97 Å². The van der Waals surface area contributed by atoms with Crippen LogP contribution in [0.3, 0.4) is 0 Å². The lowest BCUT2D eigenvalue weighted by Crippen LogP contribution is -1.99. The normalized spacial score (nSPS) is 10.7. The number of aromatic nitrogens is 2. The molecule has 0 spiro atoms. The molecule has 0 amide bonds. The molecule has 0 aliphatic rings. The number of para-hydroxylation sites is 1. The van der Waals surface area contributed by atoms with Gasteiger partial charge in [0.1, 0.15) is 5.52 Å². The first-order chi connectivity index (χ1) is 8.83. The largest absolute Gasteiger partial charge is 0.423 e. The molecule has 1 aromatic carbocycles. The molecule has 5 heteroatoms. The summed E-state index contributed by atoms with van der Waals surface area (Å²) in [5.74, 6) is 0. The number of nitrogens with one attached hydrogen (secondary N) is 1. The molecule has 3 N–H and O–H groups in total. The molecule has 0 saturated carbocycles. The van der Waals surface area contributed by atoms with Crippen molar-refractivity contribution in [2.24, 2.45) is 0 Å². The van der Waals surface area contributed by atoms with Gasteiger partial charge in [-0.3, -0.25) is 4.98 Å². The van der Waals surface area contributed by atoms with E-state index in [-0.39, 0.29) is 0 Å². The number of pyridine rings is 1. The third-order valence-electron chi connectivity index (χ3n) is 2.62. The quantitative estimate of drug-likeness (QED) is 0.687. The average molecular weight is 240 g/mol. The van der Waals surface area contributed by atoms with Gasteiger partial charge in [0.25, 0.3) is 6.01 Å². The number of anilines is 2. The zero-order chi connectivity index (χ0) is 12.4. The average Bonchev–Trinajstić information content (AvgIpc) is 2.82. The number of nitrogens with zero attached hydrogens (tertiary/aromatic N) is 2. The first-order valence-corrected chi connectivity index (χ1v) is 5.61. The standard InChI is InChI=1S/C13H12N4O/c14-10-4-1-5-11-12(10)17-13(18-11)16-8-9-3-2-6-15-7-9/h1-7H,8,14H2,(H,16,17). The molecule has 0 atom stereocenters. The summed E-state index contributed by atoms with van der Waals surface area (Å²) in [7, 11) is 0. The number of hydrogen-bond acceptors (Lipinski definition) is 5. The van der Waals surface area contributed by atoms with Crippen molar-refractivity contribution in [2.45, 2.75) is 6.54 Å². The number of nitrogens with two attached hydrogens (primary N) is 1. The fourth-order valence-electron chi connectivity index (χ4n) is 1.73. The molecule has 0 saturated heterocycles. The molecule has 3 aromatic rings. The number of fused-ring (bicyclic) bond motifs is 1. The number of rotatable bonds is 3. The first kappa shape index (κ1) is 10.6. The van der Waals surface area contributed by atoms with E-state index in [2.05, 4.69) is 15.3 Å². The van der Waals surface area contributed by atoms with E-state index in [0.717, 1.165) is 5.56 Å². The molecule has 0 fully saturated rings. The predicted octanol–water partition coefficient (Wildman–Crippen LogP) is 2.42. The molecule has 0 radical (unpaired) electrons. The van der Waals surface area contributed by atoms with E-state index in [9.17, 15) is 0 Å². The predicted molar refractivity (Wildman–Crippen MR) is 70.0 cm³/mol. The Labute approximate surface area is 104 Å². The second-order valence-corrected chi connectivity index (χ2v) is 3.93. The molecule has 5 nitrogen and oxygen atoms in total. The van der Waals surface area contributed by atoms with E-state index in [1.165, 1.54) is 0 Å². The number of hydrogen-bond donors (Lipinski definition) is 2. The molecule has 18 heavy (non-hydrogen) atoms. The number of benzene rings is 1. The Balaban J connectivity index is 1.81. The lowest BCUT2D eigenvalue weighted by atomic mass is 10.3. The maximum Gasteiger partial charge on any atom is 0.296 e. The summed E-state index contributed by atoms with van der Waals surface area (Å²) < 4.78 is 5.55. The van der Waals surface area contributed by atoms with Gasteiger partial charge in [0, 0.05) is 18.9 Å². The van der Waals surface area contributed by atoms with Crippen molar-refractivity contribution in [3.8, 4) is 0 Å². The molecular weight excluding hydrogens is 228 g/mol. The summed E-state index contributed by atoms with van der Waals surface area (Å²) in [5, 5.41) is 3.10. The summed E-state index contributed by atoms with van der Waals surface area (Å²) in [5.41, 5.74) is 8.87. The molecule has 2 aromatic heterocycles. The van der Waals surface area contributed by atoms with Gasteiger partial charge in [-0.1, -0.05) is 12.1 Å². The zero-order valence-corrected chi connectivity index (χ0v) is 9.63. The molecule has 0 unspecified atom stereocenters. The molecule has 0 aliphatic carbocycles. The third-order valence-corrected chi connectivity index (χ3v) is 2.62. The summed E-state index contributed by atoms with van der Waals surface area (Å²) >= 11 is 0. The molecule has 0 aliphatic heterocycles. The molecule has 3 rings (SSSR count). The lowest BCUT2D eigenvalue weighted by molar-refractivity contribution is 0.614. The highest BCUT2D eigenvalue weighted by atomic mass is 16.4. The van der Waals surface area contributed by atoms with Gasteiger partial charge in [0.2, 0.25) is 0 Å². The van der Waals surface area contributed by atoms with Crippen LogP contribution >= 0.6 is 0 Å². The summed E-state index contributed by atoms with van der Waals surface area (Å²) in [4.78, 5) is 8.35. The van der Waals surface area contributed by atoms with Gasteiger partial charge in [-0.25, -0.2) is 0 Å².